The number of hydrogen-bond acceptors (Lipinski definition) is 4. The maximum atomic E-state index is 12.0. The Morgan fingerprint density at radius 2 is 2.09 bits per heavy atom. The van der Waals surface area contributed by atoms with Crippen LogP contribution in [-0.2, 0) is 0 Å². The highest BCUT2D eigenvalue weighted by Gasteiger charge is 2.16. The topological polar surface area (TPSA) is 70.7 Å². The van der Waals surface area contributed by atoms with E-state index >= 15 is 0 Å². The summed E-state index contributed by atoms with van der Waals surface area (Å²) in [6, 6.07) is 10.6. The standard InChI is InChI=1S/C15H13ClN4OS/c1-9(17-15(21)12-3-2-8-22-12)13-18-14(20-19-13)10-4-6-11(16)7-5-10/h2-9H,1H3,(H,17,21)(H,18,19,20)/t9-/m1/s1. The van der Waals surface area contributed by atoms with Gasteiger partial charge in [0.2, 0.25) is 0 Å². The summed E-state index contributed by atoms with van der Waals surface area (Å²) in [5.74, 6) is 1.06. The zero-order chi connectivity index (χ0) is 15.5. The summed E-state index contributed by atoms with van der Waals surface area (Å²) in [5.41, 5.74) is 0.865. The van der Waals surface area contributed by atoms with E-state index < -0.39 is 0 Å². The molecule has 0 aliphatic heterocycles. The number of rotatable bonds is 4. The molecule has 0 radical (unpaired) electrons. The van der Waals surface area contributed by atoms with E-state index in [2.05, 4.69) is 20.5 Å². The Bertz CT molecular complexity index is 767. The number of hydrogen-bond donors (Lipinski definition) is 2. The lowest BCUT2D eigenvalue weighted by Crippen LogP contribution is -2.26. The van der Waals surface area contributed by atoms with Crippen LogP contribution in [0, 0.1) is 0 Å². The molecule has 0 aliphatic rings. The highest BCUT2D eigenvalue weighted by atomic mass is 35.5. The van der Waals surface area contributed by atoms with Crippen molar-refractivity contribution in [3.05, 3.63) is 57.5 Å². The second-order valence-corrected chi connectivity index (χ2v) is 6.11. The summed E-state index contributed by atoms with van der Waals surface area (Å²) in [5, 5.41) is 12.5. The molecule has 1 atom stereocenters. The second-order valence-electron chi connectivity index (χ2n) is 4.72. The third-order valence-corrected chi connectivity index (χ3v) is 4.23. The van der Waals surface area contributed by atoms with Crippen molar-refractivity contribution >= 4 is 28.8 Å². The van der Waals surface area contributed by atoms with Gasteiger partial charge in [-0.3, -0.25) is 9.89 Å². The molecule has 3 rings (SSSR count). The Morgan fingerprint density at radius 3 is 2.77 bits per heavy atom. The quantitative estimate of drug-likeness (QED) is 0.765. The minimum atomic E-state index is -0.261. The molecule has 1 aromatic carbocycles. The zero-order valence-corrected chi connectivity index (χ0v) is 13.3. The van der Waals surface area contributed by atoms with Gasteiger partial charge in [0.15, 0.2) is 5.82 Å². The lowest BCUT2D eigenvalue weighted by atomic mass is 10.2. The third-order valence-electron chi connectivity index (χ3n) is 3.11. The maximum Gasteiger partial charge on any atom is 0.261 e. The van der Waals surface area contributed by atoms with E-state index in [0.717, 1.165) is 5.56 Å². The third kappa shape index (κ3) is 3.18. The fourth-order valence-electron chi connectivity index (χ4n) is 1.94. The van der Waals surface area contributed by atoms with Crippen molar-refractivity contribution in [3.63, 3.8) is 0 Å². The number of nitrogens with zero attached hydrogens (tertiary/aromatic N) is 2. The van der Waals surface area contributed by atoms with E-state index in [1.165, 1.54) is 11.3 Å². The van der Waals surface area contributed by atoms with Crippen molar-refractivity contribution in [2.75, 3.05) is 0 Å². The van der Waals surface area contributed by atoms with Crippen molar-refractivity contribution in [1.29, 1.82) is 0 Å². The Labute approximate surface area is 136 Å². The molecule has 0 bridgehead atoms. The van der Waals surface area contributed by atoms with Crippen LogP contribution in [0.15, 0.2) is 41.8 Å². The second kappa shape index (κ2) is 6.29. The van der Waals surface area contributed by atoms with E-state index in [-0.39, 0.29) is 11.9 Å². The van der Waals surface area contributed by atoms with Crippen molar-refractivity contribution in [2.24, 2.45) is 0 Å². The van der Waals surface area contributed by atoms with Gasteiger partial charge in [-0.05, 0) is 42.6 Å². The average Bonchev–Trinajstić information content (AvgIpc) is 3.20. The molecule has 0 fully saturated rings. The van der Waals surface area contributed by atoms with Gasteiger partial charge < -0.3 is 5.32 Å². The van der Waals surface area contributed by atoms with E-state index in [1.54, 1.807) is 18.2 Å². The van der Waals surface area contributed by atoms with Crippen LogP contribution >= 0.6 is 22.9 Å². The van der Waals surface area contributed by atoms with E-state index in [9.17, 15) is 4.79 Å². The van der Waals surface area contributed by atoms with Gasteiger partial charge in [-0.15, -0.1) is 11.3 Å². The summed E-state index contributed by atoms with van der Waals surface area (Å²) >= 11 is 7.27. The van der Waals surface area contributed by atoms with Crippen molar-refractivity contribution < 1.29 is 4.79 Å². The first-order valence-corrected chi connectivity index (χ1v) is 7.92. The number of benzene rings is 1. The Hall–Kier alpha value is -2.18. The lowest BCUT2D eigenvalue weighted by Gasteiger charge is -2.09. The van der Waals surface area contributed by atoms with Crippen LogP contribution in [0.25, 0.3) is 11.4 Å². The first-order valence-electron chi connectivity index (χ1n) is 6.66. The molecule has 3 aromatic rings. The van der Waals surface area contributed by atoms with Gasteiger partial charge in [-0.2, -0.15) is 5.10 Å². The van der Waals surface area contributed by atoms with Gasteiger partial charge >= 0.3 is 0 Å². The number of amides is 1. The predicted octanol–water partition coefficient (Wildman–Crippen LogP) is 3.68. The average molecular weight is 333 g/mol. The zero-order valence-electron chi connectivity index (χ0n) is 11.7. The van der Waals surface area contributed by atoms with Crippen molar-refractivity contribution in [3.8, 4) is 11.4 Å². The molecular weight excluding hydrogens is 320 g/mol. The van der Waals surface area contributed by atoms with Crippen LogP contribution in [0.1, 0.15) is 28.5 Å². The van der Waals surface area contributed by atoms with Crippen LogP contribution in [0.3, 0.4) is 0 Å². The Balaban J connectivity index is 1.73. The minimum absolute atomic E-state index is 0.119. The number of halogens is 1. The number of nitrogens with one attached hydrogen (secondary N) is 2. The van der Waals surface area contributed by atoms with E-state index in [1.807, 2.05) is 30.5 Å². The van der Waals surface area contributed by atoms with Crippen LogP contribution in [0.2, 0.25) is 5.02 Å². The van der Waals surface area contributed by atoms with Crippen LogP contribution in [0.4, 0.5) is 0 Å². The maximum absolute atomic E-state index is 12.0. The fraction of sp³-hybridized carbons (Fsp3) is 0.133. The molecule has 0 spiro atoms. The molecule has 1 amide bonds. The molecule has 5 nitrogen and oxygen atoms in total. The Kier molecular flexibility index (Phi) is 4.22. The molecule has 0 aliphatic carbocycles. The van der Waals surface area contributed by atoms with Gasteiger partial charge in [0.1, 0.15) is 5.82 Å². The predicted molar refractivity (Wildman–Crippen MR) is 87.0 cm³/mol. The molecule has 2 aromatic heterocycles. The van der Waals surface area contributed by atoms with Crippen molar-refractivity contribution in [2.45, 2.75) is 13.0 Å². The summed E-state index contributed by atoms with van der Waals surface area (Å²) < 4.78 is 0. The van der Waals surface area contributed by atoms with Gasteiger partial charge in [-0.1, -0.05) is 17.7 Å². The minimum Gasteiger partial charge on any atom is -0.342 e. The van der Waals surface area contributed by atoms with Gasteiger partial charge in [0, 0.05) is 10.6 Å². The number of aromatic nitrogens is 3. The highest BCUT2D eigenvalue weighted by Crippen LogP contribution is 2.19. The van der Waals surface area contributed by atoms with E-state index in [0.29, 0.717) is 21.5 Å². The molecular formula is C15H13ClN4OS. The molecule has 7 heteroatoms. The Morgan fingerprint density at radius 1 is 1.32 bits per heavy atom. The molecule has 2 N–H and O–H groups in total. The molecule has 112 valence electrons. The number of carbonyl (C=O) groups excluding carboxylic acids is 1. The molecule has 0 saturated heterocycles. The molecule has 0 unspecified atom stereocenters. The van der Waals surface area contributed by atoms with Crippen LogP contribution in [-0.4, -0.2) is 21.1 Å². The first kappa shape index (κ1) is 14.7. The van der Waals surface area contributed by atoms with Crippen LogP contribution in [0.5, 0.6) is 0 Å². The first-order chi connectivity index (χ1) is 10.6. The normalized spacial score (nSPS) is 12.1. The van der Waals surface area contributed by atoms with Gasteiger partial charge in [0.05, 0.1) is 10.9 Å². The highest BCUT2D eigenvalue weighted by molar-refractivity contribution is 7.12. The smallest absolute Gasteiger partial charge is 0.261 e. The monoisotopic (exact) mass is 332 g/mol. The number of carbonyl (C=O) groups is 1. The molecule has 0 saturated carbocycles. The summed E-state index contributed by atoms with van der Waals surface area (Å²) in [6.45, 7) is 1.86. The van der Waals surface area contributed by atoms with Crippen LogP contribution < -0.4 is 5.32 Å². The summed E-state index contributed by atoms with van der Waals surface area (Å²) in [6.07, 6.45) is 0. The molecule has 2 heterocycles. The molecule has 22 heavy (non-hydrogen) atoms. The van der Waals surface area contributed by atoms with E-state index in [4.69, 9.17) is 11.6 Å². The summed E-state index contributed by atoms with van der Waals surface area (Å²) in [4.78, 5) is 17.1. The lowest BCUT2D eigenvalue weighted by molar-refractivity contribution is 0.0942. The number of thiophene rings is 1. The SMILES string of the molecule is C[C@@H](NC(=O)c1cccs1)c1nc(-c2ccc(Cl)cc2)n[nH]1. The largest absolute Gasteiger partial charge is 0.342 e. The fourth-order valence-corrected chi connectivity index (χ4v) is 2.69. The number of H-pyrrole nitrogens is 1. The van der Waals surface area contributed by atoms with Gasteiger partial charge in [0.25, 0.3) is 5.91 Å². The summed E-state index contributed by atoms with van der Waals surface area (Å²) in [7, 11) is 0. The number of aromatic amines is 1. The van der Waals surface area contributed by atoms with Gasteiger partial charge in [-0.25, -0.2) is 4.98 Å². The van der Waals surface area contributed by atoms with Crippen molar-refractivity contribution in [1.82, 2.24) is 20.5 Å².